The molecular weight excluding hydrogens is 440 g/mol. The molecule has 0 saturated heterocycles. The topological polar surface area (TPSA) is 87.2 Å². The Hall–Kier alpha value is -2.08. The number of carbonyl (C=O) groups is 1. The van der Waals surface area contributed by atoms with Crippen LogP contribution in [0, 0.1) is 23.7 Å². The van der Waals surface area contributed by atoms with Crippen LogP contribution in [0.2, 0.25) is 0 Å². The molecule has 1 aromatic rings. The van der Waals surface area contributed by atoms with Gasteiger partial charge in [-0.05, 0) is 38.0 Å². The third kappa shape index (κ3) is 5.89. The largest absolute Gasteiger partial charge is 0.487 e. The Morgan fingerprint density at radius 1 is 1.33 bits per heavy atom. The minimum absolute atomic E-state index is 0.00234. The summed E-state index contributed by atoms with van der Waals surface area (Å²) in [6.45, 7) is 5.65. The maximum Gasteiger partial charge on any atom is 0.247 e. The summed E-state index contributed by atoms with van der Waals surface area (Å²) in [6.07, 6.45) is 4.59. The lowest BCUT2D eigenvalue weighted by Crippen LogP contribution is -2.50. The molecule has 8 heteroatoms. The molecule has 3 rings (SSSR count). The predicted molar refractivity (Wildman–Crippen MR) is 127 cm³/mol. The van der Waals surface area contributed by atoms with Crippen molar-refractivity contribution in [3.05, 3.63) is 23.8 Å². The van der Waals surface area contributed by atoms with E-state index in [2.05, 4.69) is 11.8 Å². The van der Waals surface area contributed by atoms with Gasteiger partial charge in [0.15, 0.2) is 0 Å². The van der Waals surface area contributed by atoms with Crippen molar-refractivity contribution in [3.63, 3.8) is 0 Å². The van der Waals surface area contributed by atoms with E-state index in [0.29, 0.717) is 24.4 Å². The maximum absolute atomic E-state index is 13.5. The lowest BCUT2D eigenvalue weighted by atomic mass is 10.0. The molecule has 1 N–H and O–H groups in total. The van der Waals surface area contributed by atoms with Crippen LogP contribution in [0.5, 0.6) is 5.75 Å². The number of hydrogen-bond donors (Lipinski definition) is 1. The first-order valence-electron chi connectivity index (χ1n) is 11.9. The molecule has 1 saturated carbocycles. The van der Waals surface area contributed by atoms with Crippen LogP contribution in [0.4, 0.5) is 0 Å². The smallest absolute Gasteiger partial charge is 0.247 e. The molecule has 1 heterocycles. The molecule has 0 radical (unpaired) electrons. The average molecular weight is 477 g/mol. The van der Waals surface area contributed by atoms with Gasteiger partial charge in [0.25, 0.3) is 0 Å². The van der Waals surface area contributed by atoms with Crippen LogP contribution in [0.3, 0.4) is 0 Å². The van der Waals surface area contributed by atoms with Crippen LogP contribution in [-0.4, -0.2) is 67.5 Å². The monoisotopic (exact) mass is 476 g/mol. The van der Waals surface area contributed by atoms with E-state index in [4.69, 9.17) is 4.74 Å². The Morgan fingerprint density at radius 3 is 2.67 bits per heavy atom. The summed E-state index contributed by atoms with van der Waals surface area (Å²) in [5, 5.41) is 9.74. The van der Waals surface area contributed by atoms with Gasteiger partial charge in [0.05, 0.1) is 13.2 Å². The van der Waals surface area contributed by atoms with Gasteiger partial charge in [-0.1, -0.05) is 38.5 Å². The van der Waals surface area contributed by atoms with Gasteiger partial charge in [-0.3, -0.25) is 4.79 Å². The number of carbonyl (C=O) groups excluding carboxylic acids is 1. The molecular formula is C25H36N2O5S. The number of fused-ring (bicyclic) bond motifs is 1. The number of aliphatic hydroxyl groups is 1. The van der Waals surface area contributed by atoms with E-state index in [-0.39, 0.29) is 35.6 Å². The second-order valence-corrected chi connectivity index (χ2v) is 11.1. The minimum atomic E-state index is -3.89. The van der Waals surface area contributed by atoms with Gasteiger partial charge in [0.1, 0.15) is 16.7 Å². The molecule has 2 aliphatic rings. The molecule has 1 amide bonds. The quantitative estimate of drug-likeness (QED) is 0.661. The number of ether oxygens (including phenoxy) is 1. The maximum atomic E-state index is 13.5. The van der Waals surface area contributed by atoms with Crippen LogP contribution >= 0.6 is 0 Å². The molecule has 1 aromatic carbocycles. The molecule has 1 aliphatic heterocycles. The number of sulfonamides is 1. The van der Waals surface area contributed by atoms with Crippen molar-refractivity contribution in [2.45, 2.75) is 69.9 Å². The normalized spacial score (nSPS) is 23.9. The molecule has 1 aliphatic carbocycles. The fourth-order valence-corrected chi connectivity index (χ4v) is 6.24. The van der Waals surface area contributed by atoms with Crippen LogP contribution in [0.25, 0.3) is 0 Å². The first-order valence-corrected chi connectivity index (χ1v) is 13.3. The standard InChI is InChI=1S/C25H36N2O5S/c1-5-25(29)26(4)16-23-18(2)15-27(19(3)17-28)33(30,31)24-13-12-21(14-22(24)32-23)11-10-20-8-6-7-9-20/h12-14,18-20,23,28H,5-9,15-17H2,1-4H3/t18-,19-,23+/m0/s1. The van der Waals surface area contributed by atoms with Crippen LogP contribution < -0.4 is 4.74 Å². The lowest BCUT2D eigenvalue weighted by Gasteiger charge is -2.37. The van der Waals surface area contributed by atoms with E-state index in [0.717, 1.165) is 12.8 Å². The van der Waals surface area contributed by atoms with E-state index >= 15 is 0 Å². The Labute approximate surface area is 198 Å². The summed E-state index contributed by atoms with van der Waals surface area (Å²) in [5.41, 5.74) is 0.711. The summed E-state index contributed by atoms with van der Waals surface area (Å²) < 4.78 is 34.7. The third-order valence-corrected chi connectivity index (χ3v) is 8.64. The molecule has 0 unspecified atom stereocenters. The van der Waals surface area contributed by atoms with E-state index in [1.54, 1.807) is 37.1 Å². The molecule has 1 fully saturated rings. The second kappa shape index (κ2) is 10.9. The van der Waals surface area contributed by atoms with Crippen LogP contribution in [-0.2, 0) is 14.8 Å². The molecule has 0 aromatic heterocycles. The SMILES string of the molecule is CCC(=O)N(C)C[C@H]1Oc2cc(C#CC3CCCC3)ccc2S(=O)(=O)N([C@@H](C)CO)C[C@@H]1C. The fraction of sp³-hybridized carbons (Fsp3) is 0.640. The summed E-state index contributed by atoms with van der Waals surface area (Å²) in [4.78, 5) is 13.9. The van der Waals surface area contributed by atoms with Crippen molar-refractivity contribution in [1.29, 1.82) is 0 Å². The first-order chi connectivity index (χ1) is 15.7. The highest BCUT2D eigenvalue weighted by molar-refractivity contribution is 7.89. The Kier molecular flexibility index (Phi) is 8.43. The van der Waals surface area contributed by atoms with E-state index in [9.17, 15) is 18.3 Å². The van der Waals surface area contributed by atoms with Crippen LogP contribution in [0.1, 0.15) is 58.4 Å². The Morgan fingerprint density at radius 2 is 2.03 bits per heavy atom. The van der Waals surface area contributed by atoms with E-state index < -0.39 is 22.2 Å². The zero-order chi connectivity index (χ0) is 24.2. The number of rotatable bonds is 5. The van der Waals surface area contributed by atoms with Gasteiger partial charge in [-0.25, -0.2) is 8.42 Å². The molecule has 7 nitrogen and oxygen atoms in total. The molecule has 0 spiro atoms. The zero-order valence-electron chi connectivity index (χ0n) is 20.1. The Bertz CT molecular complexity index is 1010. The highest BCUT2D eigenvalue weighted by atomic mass is 32.2. The van der Waals surface area contributed by atoms with Gasteiger partial charge in [-0.2, -0.15) is 4.31 Å². The van der Waals surface area contributed by atoms with E-state index in [1.807, 2.05) is 13.8 Å². The van der Waals surface area contributed by atoms with Gasteiger partial charge < -0.3 is 14.7 Å². The van der Waals surface area contributed by atoms with Crippen molar-refractivity contribution < 1.29 is 23.1 Å². The highest BCUT2D eigenvalue weighted by Gasteiger charge is 2.38. The zero-order valence-corrected chi connectivity index (χ0v) is 20.9. The molecule has 3 atom stereocenters. The lowest BCUT2D eigenvalue weighted by molar-refractivity contribution is -0.131. The second-order valence-electron chi connectivity index (χ2n) is 9.28. The fourth-order valence-electron chi connectivity index (χ4n) is 4.42. The van der Waals surface area contributed by atoms with E-state index in [1.165, 1.54) is 17.1 Å². The summed E-state index contributed by atoms with van der Waals surface area (Å²) >= 11 is 0. The summed E-state index contributed by atoms with van der Waals surface area (Å²) in [5.74, 6) is 6.94. The van der Waals surface area contributed by atoms with Gasteiger partial charge >= 0.3 is 0 Å². The number of nitrogens with zero attached hydrogens (tertiary/aromatic N) is 2. The number of hydrogen-bond acceptors (Lipinski definition) is 5. The Balaban J connectivity index is 2.02. The summed E-state index contributed by atoms with van der Waals surface area (Å²) in [6, 6.07) is 4.38. The van der Waals surface area contributed by atoms with Crippen molar-refractivity contribution >= 4 is 15.9 Å². The van der Waals surface area contributed by atoms with Crippen molar-refractivity contribution in [3.8, 4) is 17.6 Å². The average Bonchev–Trinajstić information content (AvgIpc) is 3.32. The number of benzene rings is 1. The van der Waals surface area contributed by atoms with Crippen LogP contribution in [0.15, 0.2) is 23.1 Å². The van der Waals surface area contributed by atoms with Crippen molar-refractivity contribution in [2.24, 2.45) is 11.8 Å². The van der Waals surface area contributed by atoms with Crippen molar-refractivity contribution in [1.82, 2.24) is 9.21 Å². The summed E-state index contributed by atoms with van der Waals surface area (Å²) in [7, 11) is -2.16. The highest BCUT2D eigenvalue weighted by Crippen LogP contribution is 2.34. The number of aliphatic hydroxyl groups excluding tert-OH is 1. The predicted octanol–water partition coefficient (Wildman–Crippen LogP) is 2.87. The van der Waals surface area contributed by atoms with Gasteiger partial charge in [-0.15, -0.1) is 0 Å². The van der Waals surface area contributed by atoms with Gasteiger partial charge in [0.2, 0.25) is 15.9 Å². The third-order valence-electron chi connectivity index (χ3n) is 6.62. The van der Waals surface area contributed by atoms with Gasteiger partial charge in [0, 0.05) is 43.5 Å². The molecule has 33 heavy (non-hydrogen) atoms. The molecule has 0 bridgehead atoms. The van der Waals surface area contributed by atoms with Crippen molar-refractivity contribution in [2.75, 3.05) is 26.7 Å². The number of amides is 1. The first kappa shape index (κ1) is 25.5. The minimum Gasteiger partial charge on any atom is -0.487 e. The molecule has 182 valence electrons. The number of likely N-dealkylation sites (N-methyl/N-ethyl adjacent to an activating group) is 1.